The number of anilines is 1. The van der Waals surface area contributed by atoms with Crippen LogP contribution < -0.4 is 5.32 Å². The molecule has 0 atom stereocenters. The lowest BCUT2D eigenvalue weighted by Crippen LogP contribution is -2.17. The maximum absolute atomic E-state index is 12.3. The first-order valence-electron chi connectivity index (χ1n) is 6.80. The fraction of sp³-hybridized carbons (Fsp3) is 0.250. The zero-order chi connectivity index (χ0) is 16.3. The number of hydrogen-bond donors (Lipinski definition) is 1. The molecule has 0 radical (unpaired) electrons. The third-order valence-corrected chi connectivity index (χ3v) is 3.11. The van der Waals surface area contributed by atoms with Gasteiger partial charge < -0.3 is 5.32 Å². The molecule has 0 aliphatic heterocycles. The smallest absolute Gasteiger partial charge is 0.271 e. The minimum Gasteiger partial charge on any atom is -0.322 e. The molecule has 0 aliphatic carbocycles. The zero-order valence-electron chi connectivity index (χ0n) is 12.7. The molecule has 22 heavy (non-hydrogen) atoms. The number of nitrogens with zero attached hydrogens (tertiary/aromatic N) is 2. The van der Waals surface area contributed by atoms with Crippen molar-refractivity contribution in [1.82, 2.24) is 4.98 Å². The molecule has 114 valence electrons. The molecule has 1 aromatic carbocycles. The molecule has 2 rings (SSSR count). The number of carbonyl (C=O) groups is 1. The van der Waals surface area contributed by atoms with E-state index in [4.69, 9.17) is 0 Å². The topological polar surface area (TPSA) is 85.1 Å². The Balaban J connectivity index is 2.23. The standard InChI is InChI=1S/C16H17N3O3/c1-16(2,3)14-9-11(7-8-17-14)15(20)18-12-5-4-6-13(10-12)19(21)22/h4-10H,1-3H3,(H,18,20). The highest BCUT2D eigenvalue weighted by Gasteiger charge is 2.17. The van der Waals surface area contributed by atoms with Gasteiger partial charge in [0.25, 0.3) is 11.6 Å². The Hall–Kier alpha value is -2.76. The Labute approximate surface area is 128 Å². The number of nitrogens with one attached hydrogen (secondary N) is 1. The van der Waals surface area contributed by atoms with Crippen LogP contribution in [0.2, 0.25) is 0 Å². The van der Waals surface area contributed by atoms with Crippen LogP contribution in [0.5, 0.6) is 0 Å². The van der Waals surface area contributed by atoms with Crippen molar-refractivity contribution < 1.29 is 9.72 Å². The van der Waals surface area contributed by atoms with Crippen molar-refractivity contribution in [3.05, 3.63) is 64.0 Å². The maximum atomic E-state index is 12.3. The van der Waals surface area contributed by atoms with E-state index in [2.05, 4.69) is 10.3 Å². The van der Waals surface area contributed by atoms with Crippen molar-refractivity contribution in [3.63, 3.8) is 0 Å². The van der Waals surface area contributed by atoms with Gasteiger partial charge in [-0.25, -0.2) is 0 Å². The van der Waals surface area contributed by atoms with Crippen molar-refractivity contribution in [2.45, 2.75) is 26.2 Å². The summed E-state index contributed by atoms with van der Waals surface area (Å²) < 4.78 is 0. The summed E-state index contributed by atoms with van der Waals surface area (Å²) in [6.45, 7) is 6.03. The molecular weight excluding hydrogens is 282 g/mol. The van der Waals surface area contributed by atoms with Gasteiger partial charge in [0.05, 0.1) is 4.92 Å². The second-order valence-corrected chi connectivity index (χ2v) is 5.94. The van der Waals surface area contributed by atoms with E-state index >= 15 is 0 Å². The molecule has 2 aromatic rings. The van der Waals surface area contributed by atoms with Gasteiger partial charge in [0.1, 0.15) is 0 Å². The number of aromatic nitrogens is 1. The number of pyridine rings is 1. The third-order valence-electron chi connectivity index (χ3n) is 3.11. The second-order valence-electron chi connectivity index (χ2n) is 5.94. The minimum atomic E-state index is -0.500. The van der Waals surface area contributed by atoms with E-state index in [1.165, 1.54) is 18.2 Å². The molecule has 0 saturated heterocycles. The molecule has 1 aromatic heterocycles. The SMILES string of the molecule is CC(C)(C)c1cc(C(=O)Nc2cccc([N+](=O)[O-])c2)ccn1. The van der Waals surface area contributed by atoms with Gasteiger partial charge in [0, 0.05) is 40.7 Å². The summed E-state index contributed by atoms with van der Waals surface area (Å²) in [5.41, 5.74) is 1.42. The van der Waals surface area contributed by atoms with Crippen LogP contribution in [0, 0.1) is 10.1 Å². The molecule has 1 heterocycles. The van der Waals surface area contributed by atoms with Crippen molar-refractivity contribution in [2.75, 3.05) is 5.32 Å². The number of benzene rings is 1. The summed E-state index contributed by atoms with van der Waals surface area (Å²) in [5.74, 6) is -0.326. The highest BCUT2D eigenvalue weighted by molar-refractivity contribution is 6.04. The van der Waals surface area contributed by atoms with E-state index in [9.17, 15) is 14.9 Å². The average molecular weight is 299 g/mol. The molecule has 0 spiro atoms. The Kier molecular flexibility index (Phi) is 4.21. The lowest BCUT2D eigenvalue weighted by molar-refractivity contribution is -0.384. The number of non-ortho nitro benzene ring substituents is 1. The van der Waals surface area contributed by atoms with Gasteiger partial charge in [-0.05, 0) is 18.2 Å². The fourth-order valence-corrected chi connectivity index (χ4v) is 1.88. The number of carbonyl (C=O) groups excluding carboxylic acids is 1. The number of amides is 1. The zero-order valence-corrected chi connectivity index (χ0v) is 12.7. The van der Waals surface area contributed by atoms with E-state index in [0.29, 0.717) is 11.3 Å². The summed E-state index contributed by atoms with van der Waals surface area (Å²) in [5, 5.41) is 13.4. The third kappa shape index (κ3) is 3.66. The Morgan fingerprint density at radius 1 is 1.23 bits per heavy atom. The first-order chi connectivity index (χ1) is 10.3. The number of hydrogen-bond acceptors (Lipinski definition) is 4. The molecule has 1 amide bonds. The summed E-state index contributed by atoms with van der Waals surface area (Å²) in [4.78, 5) is 26.8. The first kappa shape index (κ1) is 15.6. The monoisotopic (exact) mass is 299 g/mol. The molecule has 6 heteroatoms. The molecule has 0 unspecified atom stereocenters. The quantitative estimate of drug-likeness (QED) is 0.694. The normalized spacial score (nSPS) is 11.0. The largest absolute Gasteiger partial charge is 0.322 e. The van der Waals surface area contributed by atoms with Crippen LogP contribution in [0.3, 0.4) is 0 Å². The second kappa shape index (κ2) is 5.93. The molecular formula is C16H17N3O3. The lowest BCUT2D eigenvalue weighted by Gasteiger charge is -2.18. The molecule has 0 fully saturated rings. The summed E-state index contributed by atoms with van der Waals surface area (Å²) >= 11 is 0. The van der Waals surface area contributed by atoms with Crippen LogP contribution in [-0.2, 0) is 5.41 Å². The Bertz CT molecular complexity index is 721. The van der Waals surface area contributed by atoms with Gasteiger partial charge in [-0.3, -0.25) is 19.9 Å². The van der Waals surface area contributed by atoms with E-state index in [-0.39, 0.29) is 17.0 Å². The van der Waals surface area contributed by atoms with Crippen molar-refractivity contribution in [2.24, 2.45) is 0 Å². The van der Waals surface area contributed by atoms with Gasteiger partial charge in [0.15, 0.2) is 0 Å². The lowest BCUT2D eigenvalue weighted by atomic mass is 9.91. The van der Waals surface area contributed by atoms with Gasteiger partial charge >= 0.3 is 0 Å². The molecule has 6 nitrogen and oxygen atoms in total. The maximum Gasteiger partial charge on any atom is 0.271 e. The van der Waals surface area contributed by atoms with Crippen molar-refractivity contribution >= 4 is 17.3 Å². The summed E-state index contributed by atoms with van der Waals surface area (Å²) in [6.07, 6.45) is 1.59. The summed E-state index contributed by atoms with van der Waals surface area (Å²) in [7, 11) is 0. The Morgan fingerprint density at radius 3 is 2.59 bits per heavy atom. The van der Waals surface area contributed by atoms with E-state index in [0.717, 1.165) is 5.69 Å². The molecule has 0 saturated carbocycles. The van der Waals surface area contributed by atoms with Gasteiger partial charge in [-0.15, -0.1) is 0 Å². The van der Waals surface area contributed by atoms with E-state index in [1.807, 2.05) is 20.8 Å². The predicted octanol–water partition coefficient (Wildman–Crippen LogP) is 3.54. The predicted molar refractivity (Wildman–Crippen MR) is 84.0 cm³/mol. The van der Waals surface area contributed by atoms with Crippen LogP contribution in [-0.4, -0.2) is 15.8 Å². The van der Waals surface area contributed by atoms with Gasteiger partial charge in [-0.2, -0.15) is 0 Å². The van der Waals surface area contributed by atoms with Crippen molar-refractivity contribution in [1.29, 1.82) is 0 Å². The molecule has 0 aliphatic rings. The van der Waals surface area contributed by atoms with Crippen LogP contribution in [0.4, 0.5) is 11.4 Å². The van der Waals surface area contributed by atoms with Crippen LogP contribution in [0.15, 0.2) is 42.6 Å². The minimum absolute atomic E-state index is 0.0668. The fourth-order valence-electron chi connectivity index (χ4n) is 1.88. The summed E-state index contributed by atoms with van der Waals surface area (Å²) in [6, 6.07) is 9.18. The highest BCUT2D eigenvalue weighted by atomic mass is 16.6. The van der Waals surface area contributed by atoms with Crippen LogP contribution in [0.1, 0.15) is 36.8 Å². The average Bonchev–Trinajstić information content (AvgIpc) is 2.46. The van der Waals surface area contributed by atoms with Gasteiger partial charge in [0.2, 0.25) is 0 Å². The van der Waals surface area contributed by atoms with Crippen LogP contribution in [0.25, 0.3) is 0 Å². The van der Waals surface area contributed by atoms with Crippen molar-refractivity contribution in [3.8, 4) is 0 Å². The molecule has 1 N–H and O–H groups in total. The highest BCUT2D eigenvalue weighted by Crippen LogP contribution is 2.21. The van der Waals surface area contributed by atoms with Gasteiger partial charge in [-0.1, -0.05) is 26.8 Å². The molecule has 0 bridgehead atoms. The number of nitro groups is 1. The van der Waals surface area contributed by atoms with E-state index in [1.54, 1.807) is 24.4 Å². The number of nitro benzene ring substituents is 1. The number of rotatable bonds is 3. The van der Waals surface area contributed by atoms with Crippen LogP contribution >= 0.6 is 0 Å². The Morgan fingerprint density at radius 2 is 1.95 bits per heavy atom. The van der Waals surface area contributed by atoms with E-state index < -0.39 is 4.92 Å². The first-order valence-corrected chi connectivity index (χ1v) is 6.80.